The number of nitrogens with one attached hydrogen (secondary N) is 2. The Hall–Kier alpha value is -0.860. The summed E-state index contributed by atoms with van der Waals surface area (Å²) >= 11 is 0. The van der Waals surface area contributed by atoms with Gasteiger partial charge >= 0.3 is 6.03 Å². The maximum absolute atomic E-state index is 12.6. The lowest BCUT2D eigenvalue weighted by Gasteiger charge is -2.36. The van der Waals surface area contributed by atoms with Crippen LogP contribution in [0.2, 0.25) is 0 Å². The smallest absolute Gasteiger partial charge is 0.317 e. The van der Waals surface area contributed by atoms with Crippen molar-refractivity contribution in [1.29, 1.82) is 0 Å². The predicted molar refractivity (Wildman–Crippen MR) is 88.7 cm³/mol. The molecular formula is C15H28N4O3S. The van der Waals surface area contributed by atoms with Gasteiger partial charge in [-0.15, -0.1) is 0 Å². The molecule has 3 saturated heterocycles. The Morgan fingerprint density at radius 3 is 2.65 bits per heavy atom. The quantitative estimate of drug-likeness (QED) is 0.773. The Labute approximate surface area is 138 Å². The standard InChI is InChI=1S/C15H28N4O3S/c1-23(21,22)17-12-5-4-9-19(11-12)15(20)16-13-7-10-18-8-3-2-6-14(13)18/h12-14,17H,2-11H2,1H3,(H,16,20)/t12-,13-,14+/m1/s1. The van der Waals surface area contributed by atoms with Crippen molar-refractivity contribution in [3.63, 3.8) is 0 Å². The SMILES string of the molecule is CS(=O)(=O)N[C@@H]1CCCN(C(=O)N[C@@H]2CCN3CCCC[C@@H]23)C1. The topological polar surface area (TPSA) is 81.8 Å². The van der Waals surface area contributed by atoms with E-state index in [0.717, 1.165) is 32.4 Å². The van der Waals surface area contributed by atoms with E-state index in [9.17, 15) is 13.2 Å². The third kappa shape index (κ3) is 4.36. The second-order valence-electron chi connectivity index (χ2n) is 7.12. The van der Waals surface area contributed by atoms with E-state index >= 15 is 0 Å². The van der Waals surface area contributed by atoms with Crippen LogP contribution in [-0.2, 0) is 10.0 Å². The normalized spacial score (nSPS) is 32.6. The zero-order chi connectivity index (χ0) is 16.4. The molecule has 2 N–H and O–H groups in total. The van der Waals surface area contributed by atoms with Gasteiger partial charge in [0.1, 0.15) is 0 Å². The average molecular weight is 344 g/mol. The summed E-state index contributed by atoms with van der Waals surface area (Å²) in [6, 6.07) is 0.523. The molecule has 0 aliphatic carbocycles. The molecule has 3 aliphatic rings. The summed E-state index contributed by atoms with van der Waals surface area (Å²) in [4.78, 5) is 16.8. The van der Waals surface area contributed by atoms with E-state index < -0.39 is 10.0 Å². The molecule has 132 valence electrons. The molecule has 0 saturated carbocycles. The number of nitrogens with zero attached hydrogens (tertiary/aromatic N) is 2. The van der Waals surface area contributed by atoms with Gasteiger partial charge in [0.2, 0.25) is 10.0 Å². The van der Waals surface area contributed by atoms with E-state index in [4.69, 9.17) is 0 Å². The molecule has 3 aliphatic heterocycles. The third-order valence-electron chi connectivity index (χ3n) is 5.25. The van der Waals surface area contributed by atoms with Gasteiger partial charge in [-0.2, -0.15) is 0 Å². The number of amides is 2. The van der Waals surface area contributed by atoms with Crippen molar-refractivity contribution in [2.45, 2.75) is 56.7 Å². The molecule has 23 heavy (non-hydrogen) atoms. The van der Waals surface area contributed by atoms with Crippen molar-refractivity contribution >= 4 is 16.1 Å². The molecule has 0 aromatic heterocycles. The molecule has 0 aromatic rings. The molecule has 3 heterocycles. The minimum Gasteiger partial charge on any atom is -0.334 e. The Balaban J connectivity index is 1.53. The highest BCUT2D eigenvalue weighted by atomic mass is 32.2. The third-order valence-corrected chi connectivity index (χ3v) is 6.02. The van der Waals surface area contributed by atoms with Crippen molar-refractivity contribution < 1.29 is 13.2 Å². The lowest BCUT2D eigenvalue weighted by Crippen LogP contribution is -2.55. The van der Waals surface area contributed by atoms with Crippen LogP contribution in [0.5, 0.6) is 0 Å². The van der Waals surface area contributed by atoms with Crippen LogP contribution in [0.15, 0.2) is 0 Å². The van der Waals surface area contributed by atoms with Crippen molar-refractivity contribution in [3.05, 3.63) is 0 Å². The van der Waals surface area contributed by atoms with E-state index in [1.54, 1.807) is 4.90 Å². The largest absolute Gasteiger partial charge is 0.334 e. The Kier molecular flexibility index (Phi) is 5.13. The Morgan fingerprint density at radius 2 is 1.87 bits per heavy atom. The van der Waals surface area contributed by atoms with Gasteiger partial charge in [0.25, 0.3) is 0 Å². The molecular weight excluding hydrogens is 316 g/mol. The molecule has 3 fully saturated rings. The summed E-state index contributed by atoms with van der Waals surface area (Å²) in [6.07, 6.45) is 7.50. The minimum atomic E-state index is -3.23. The fourth-order valence-corrected chi connectivity index (χ4v) is 5.02. The molecule has 0 unspecified atom stereocenters. The first-order valence-corrected chi connectivity index (χ1v) is 10.6. The molecule has 0 spiro atoms. The van der Waals surface area contributed by atoms with E-state index in [1.807, 2.05) is 0 Å². The zero-order valence-corrected chi connectivity index (χ0v) is 14.6. The number of urea groups is 1. The molecule has 0 aromatic carbocycles. The number of carbonyl (C=O) groups excluding carboxylic acids is 1. The molecule has 2 amide bonds. The van der Waals surface area contributed by atoms with Gasteiger partial charge in [0, 0.05) is 37.8 Å². The second-order valence-corrected chi connectivity index (χ2v) is 8.90. The molecule has 7 nitrogen and oxygen atoms in total. The second kappa shape index (κ2) is 6.94. The van der Waals surface area contributed by atoms with Crippen LogP contribution in [0.4, 0.5) is 4.79 Å². The van der Waals surface area contributed by atoms with Crippen LogP contribution in [-0.4, -0.2) is 74.8 Å². The number of fused-ring (bicyclic) bond motifs is 1. The fourth-order valence-electron chi connectivity index (χ4n) is 4.23. The number of carbonyl (C=O) groups is 1. The van der Waals surface area contributed by atoms with Gasteiger partial charge in [0.15, 0.2) is 0 Å². The lowest BCUT2D eigenvalue weighted by atomic mass is 9.99. The summed E-state index contributed by atoms with van der Waals surface area (Å²) in [5.41, 5.74) is 0. The molecule has 3 atom stereocenters. The van der Waals surface area contributed by atoms with Crippen molar-refractivity contribution in [3.8, 4) is 0 Å². The summed E-state index contributed by atoms with van der Waals surface area (Å²) in [5, 5.41) is 3.20. The van der Waals surface area contributed by atoms with Crippen molar-refractivity contribution in [2.75, 3.05) is 32.4 Å². The maximum atomic E-state index is 12.6. The molecule has 3 rings (SSSR count). The summed E-state index contributed by atoms with van der Waals surface area (Å²) in [7, 11) is -3.23. The first-order valence-electron chi connectivity index (χ1n) is 8.69. The van der Waals surface area contributed by atoms with Gasteiger partial charge in [-0.3, -0.25) is 4.90 Å². The number of hydrogen-bond donors (Lipinski definition) is 2. The summed E-state index contributed by atoms with van der Waals surface area (Å²) in [6.45, 7) is 3.39. The van der Waals surface area contributed by atoms with E-state index in [1.165, 1.54) is 25.5 Å². The monoisotopic (exact) mass is 344 g/mol. The minimum absolute atomic E-state index is 0.0394. The first-order chi connectivity index (χ1) is 10.9. The van der Waals surface area contributed by atoms with Crippen LogP contribution in [0, 0.1) is 0 Å². The number of rotatable bonds is 3. The number of piperidine rings is 2. The average Bonchev–Trinajstić information content (AvgIpc) is 2.89. The maximum Gasteiger partial charge on any atom is 0.317 e. The number of likely N-dealkylation sites (tertiary alicyclic amines) is 1. The van der Waals surface area contributed by atoms with E-state index in [-0.39, 0.29) is 18.1 Å². The van der Waals surface area contributed by atoms with Crippen LogP contribution in [0.25, 0.3) is 0 Å². The first kappa shape index (κ1) is 17.0. The van der Waals surface area contributed by atoms with Crippen molar-refractivity contribution in [1.82, 2.24) is 19.8 Å². The van der Waals surface area contributed by atoms with Crippen LogP contribution >= 0.6 is 0 Å². The Bertz CT molecular complexity index is 539. The van der Waals surface area contributed by atoms with E-state index in [0.29, 0.717) is 19.1 Å². The van der Waals surface area contributed by atoms with Crippen molar-refractivity contribution in [2.24, 2.45) is 0 Å². The lowest BCUT2D eigenvalue weighted by molar-refractivity contribution is 0.157. The summed E-state index contributed by atoms with van der Waals surface area (Å²) < 4.78 is 25.4. The van der Waals surface area contributed by atoms with Crippen LogP contribution in [0.1, 0.15) is 38.5 Å². The fraction of sp³-hybridized carbons (Fsp3) is 0.933. The van der Waals surface area contributed by atoms with Gasteiger partial charge in [-0.05, 0) is 38.6 Å². The molecule has 0 radical (unpaired) electrons. The van der Waals surface area contributed by atoms with Gasteiger partial charge in [-0.25, -0.2) is 17.9 Å². The molecule has 0 bridgehead atoms. The summed E-state index contributed by atoms with van der Waals surface area (Å²) in [5.74, 6) is 0. The van der Waals surface area contributed by atoms with E-state index in [2.05, 4.69) is 14.9 Å². The highest BCUT2D eigenvalue weighted by molar-refractivity contribution is 7.88. The number of sulfonamides is 1. The van der Waals surface area contributed by atoms with Gasteiger partial charge in [-0.1, -0.05) is 6.42 Å². The van der Waals surface area contributed by atoms with Crippen LogP contribution in [0.3, 0.4) is 0 Å². The zero-order valence-electron chi connectivity index (χ0n) is 13.8. The molecule has 8 heteroatoms. The number of hydrogen-bond acceptors (Lipinski definition) is 4. The van der Waals surface area contributed by atoms with Gasteiger partial charge < -0.3 is 10.2 Å². The highest BCUT2D eigenvalue weighted by Gasteiger charge is 2.37. The Morgan fingerprint density at radius 1 is 1.04 bits per heavy atom. The van der Waals surface area contributed by atoms with Gasteiger partial charge in [0.05, 0.1) is 6.26 Å². The highest BCUT2D eigenvalue weighted by Crippen LogP contribution is 2.27. The predicted octanol–water partition coefficient (Wildman–Crippen LogP) is 0.336. The van der Waals surface area contributed by atoms with Crippen LogP contribution < -0.4 is 10.0 Å².